The van der Waals surface area contributed by atoms with Crippen molar-refractivity contribution in [3.63, 3.8) is 0 Å². The van der Waals surface area contributed by atoms with Crippen LogP contribution in [-0.4, -0.2) is 17.4 Å². The molecule has 17 heavy (non-hydrogen) atoms. The van der Waals surface area contributed by atoms with Crippen LogP contribution in [0.25, 0.3) is 0 Å². The van der Waals surface area contributed by atoms with E-state index in [4.69, 9.17) is 23.2 Å². The lowest BCUT2D eigenvalue weighted by molar-refractivity contribution is 0.0948. The minimum atomic E-state index is -0.143. The topological polar surface area (TPSA) is 42.0 Å². The number of halogens is 2. The fourth-order valence-corrected chi connectivity index (χ4v) is 2.09. The summed E-state index contributed by atoms with van der Waals surface area (Å²) in [6.45, 7) is 0.712. The van der Waals surface area contributed by atoms with Gasteiger partial charge in [0.2, 0.25) is 0 Å². The second-order valence-electron chi connectivity index (χ2n) is 4.34. The molecule has 1 saturated carbocycles. The van der Waals surface area contributed by atoms with E-state index in [1.165, 1.54) is 31.5 Å². The van der Waals surface area contributed by atoms with Crippen LogP contribution in [0.2, 0.25) is 10.2 Å². The van der Waals surface area contributed by atoms with Gasteiger partial charge >= 0.3 is 0 Å². The van der Waals surface area contributed by atoms with E-state index >= 15 is 0 Å². The first-order chi connectivity index (χ1) is 8.16. The van der Waals surface area contributed by atoms with Crippen LogP contribution in [0.5, 0.6) is 0 Å². The molecule has 1 aromatic rings. The van der Waals surface area contributed by atoms with Crippen molar-refractivity contribution in [3.8, 4) is 0 Å². The Hall–Kier alpha value is -0.800. The third kappa shape index (κ3) is 3.33. The van der Waals surface area contributed by atoms with Crippen molar-refractivity contribution >= 4 is 29.1 Å². The average molecular weight is 273 g/mol. The SMILES string of the molecule is O=C(NCCC1CCC1)c1cnc(Cl)c(Cl)c1. The van der Waals surface area contributed by atoms with Crippen molar-refractivity contribution < 1.29 is 4.79 Å². The minimum Gasteiger partial charge on any atom is -0.352 e. The molecule has 0 spiro atoms. The number of pyridine rings is 1. The van der Waals surface area contributed by atoms with Crippen LogP contribution in [0.1, 0.15) is 36.0 Å². The van der Waals surface area contributed by atoms with Gasteiger partial charge in [-0.15, -0.1) is 0 Å². The number of hydrogen-bond donors (Lipinski definition) is 1. The van der Waals surface area contributed by atoms with Crippen LogP contribution in [-0.2, 0) is 0 Å². The van der Waals surface area contributed by atoms with Crippen LogP contribution in [0.15, 0.2) is 12.3 Å². The molecule has 1 aromatic heterocycles. The maximum atomic E-state index is 11.7. The van der Waals surface area contributed by atoms with Gasteiger partial charge in [-0.1, -0.05) is 42.5 Å². The van der Waals surface area contributed by atoms with Gasteiger partial charge in [0.05, 0.1) is 10.6 Å². The quantitative estimate of drug-likeness (QED) is 0.855. The summed E-state index contributed by atoms with van der Waals surface area (Å²) in [4.78, 5) is 15.6. The molecule has 0 unspecified atom stereocenters. The molecule has 92 valence electrons. The smallest absolute Gasteiger partial charge is 0.252 e. The maximum Gasteiger partial charge on any atom is 0.252 e. The second-order valence-corrected chi connectivity index (χ2v) is 5.10. The third-order valence-electron chi connectivity index (χ3n) is 3.12. The van der Waals surface area contributed by atoms with E-state index in [-0.39, 0.29) is 11.1 Å². The highest BCUT2D eigenvalue weighted by atomic mass is 35.5. The van der Waals surface area contributed by atoms with Gasteiger partial charge in [-0.3, -0.25) is 4.79 Å². The highest BCUT2D eigenvalue weighted by Gasteiger charge is 2.17. The van der Waals surface area contributed by atoms with E-state index in [1.807, 2.05) is 0 Å². The molecule has 2 rings (SSSR count). The zero-order valence-electron chi connectivity index (χ0n) is 9.38. The minimum absolute atomic E-state index is 0.143. The molecular formula is C12H14Cl2N2O. The first-order valence-electron chi connectivity index (χ1n) is 5.76. The van der Waals surface area contributed by atoms with Gasteiger partial charge in [-0.2, -0.15) is 0 Å². The number of aromatic nitrogens is 1. The predicted molar refractivity (Wildman–Crippen MR) is 68.5 cm³/mol. The van der Waals surface area contributed by atoms with E-state index in [0.717, 1.165) is 12.3 Å². The van der Waals surface area contributed by atoms with E-state index in [1.54, 1.807) is 0 Å². The number of nitrogens with zero attached hydrogens (tertiary/aromatic N) is 1. The van der Waals surface area contributed by atoms with E-state index in [0.29, 0.717) is 17.1 Å². The summed E-state index contributed by atoms with van der Waals surface area (Å²) in [6.07, 6.45) is 6.41. The molecule has 3 nitrogen and oxygen atoms in total. The van der Waals surface area contributed by atoms with Crippen LogP contribution < -0.4 is 5.32 Å². The summed E-state index contributed by atoms with van der Waals surface area (Å²) in [5.74, 6) is 0.651. The summed E-state index contributed by atoms with van der Waals surface area (Å²) in [7, 11) is 0. The number of carbonyl (C=O) groups is 1. The van der Waals surface area contributed by atoms with Gasteiger partial charge in [0.1, 0.15) is 5.15 Å². The molecule has 1 aliphatic rings. The lowest BCUT2D eigenvalue weighted by Gasteiger charge is -2.25. The van der Waals surface area contributed by atoms with Gasteiger partial charge in [0.15, 0.2) is 0 Å². The van der Waals surface area contributed by atoms with Gasteiger partial charge in [-0.05, 0) is 18.4 Å². The number of amides is 1. The molecule has 1 fully saturated rings. The third-order valence-corrected chi connectivity index (χ3v) is 3.81. The number of carbonyl (C=O) groups excluding carboxylic acids is 1. The van der Waals surface area contributed by atoms with E-state index < -0.39 is 0 Å². The highest BCUT2D eigenvalue weighted by molar-refractivity contribution is 6.41. The molecule has 1 aliphatic carbocycles. The molecule has 0 aliphatic heterocycles. The van der Waals surface area contributed by atoms with Crippen LogP contribution in [0.3, 0.4) is 0 Å². The maximum absolute atomic E-state index is 11.7. The van der Waals surface area contributed by atoms with Crippen molar-refractivity contribution in [1.82, 2.24) is 10.3 Å². The lowest BCUT2D eigenvalue weighted by atomic mass is 9.83. The molecule has 1 heterocycles. The first-order valence-corrected chi connectivity index (χ1v) is 6.51. The van der Waals surface area contributed by atoms with Gasteiger partial charge in [-0.25, -0.2) is 4.98 Å². The van der Waals surface area contributed by atoms with Crippen molar-refractivity contribution in [2.45, 2.75) is 25.7 Å². The standard InChI is InChI=1S/C12H14Cl2N2O/c13-10-6-9(7-16-11(10)14)12(17)15-5-4-8-2-1-3-8/h6-8H,1-5H2,(H,15,17). The zero-order valence-corrected chi connectivity index (χ0v) is 10.9. The van der Waals surface area contributed by atoms with E-state index in [9.17, 15) is 4.79 Å². The Morgan fingerprint density at radius 1 is 1.47 bits per heavy atom. The summed E-state index contributed by atoms with van der Waals surface area (Å²) >= 11 is 11.5. The molecule has 5 heteroatoms. The first kappa shape index (κ1) is 12.7. The van der Waals surface area contributed by atoms with E-state index in [2.05, 4.69) is 10.3 Å². The van der Waals surface area contributed by atoms with Crippen LogP contribution >= 0.6 is 23.2 Å². The van der Waals surface area contributed by atoms with Gasteiger partial charge in [0.25, 0.3) is 5.91 Å². The molecule has 0 bridgehead atoms. The Kier molecular flexibility index (Phi) is 4.24. The average Bonchev–Trinajstić information content (AvgIpc) is 2.25. The molecule has 0 atom stereocenters. The molecule has 0 radical (unpaired) electrons. The number of nitrogens with one attached hydrogen (secondary N) is 1. The monoisotopic (exact) mass is 272 g/mol. The number of hydrogen-bond acceptors (Lipinski definition) is 2. The molecule has 1 N–H and O–H groups in total. The normalized spacial score (nSPS) is 15.4. The largest absolute Gasteiger partial charge is 0.352 e. The Morgan fingerprint density at radius 2 is 2.24 bits per heavy atom. The van der Waals surface area contributed by atoms with Crippen molar-refractivity contribution in [2.75, 3.05) is 6.54 Å². The fraction of sp³-hybridized carbons (Fsp3) is 0.500. The van der Waals surface area contributed by atoms with Crippen molar-refractivity contribution in [3.05, 3.63) is 28.0 Å². The summed E-state index contributed by atoms with van der Waals surface area (Å²) in [5.41, 5.74) is 0.452. The Morgan fingerprint density at radius 3 is 2.82 bits per heavy atom. The molecular weight excluding hydrogens is 259 g/mol. The summed E-state index contributed by atoms with van der Waals surface area (Å²) < 4.78 is 0. The van der Waals surface area contributed by atoms with Crippen molar-refractivity contribution in [2.24, 2.45) is 5.92 Å². The summed E-state index contributed by atoms with van der Waals surface area (Å²) in [6, 6.07) is 1.54. The van der Waals surface area contributed by atoms with Gasteiger partial charge in [0, 0.05) is 12.7 Å². The molecule has 1 amide bonds. The van der Waals surface area contributed by atoms with Crippen LogP contribution in [0, 0.1) is 5.92 Å². The second kappa shape index (κ2) is 5.69. The Labute approximate surface area is 111 Å². The number of rotatable bonds is 4. The predicted octanol–water partition coefficient (Wildman–Crippen LogP) is 3.31. The Balaban J connectivity index is 1.83. The van der Waals surface area contributed by atoms with Crippen molar-refractivity contribution in [1.29, 1.82) is 0 Å². The molecule has 0 aromatic carbocycles. The lowest BCUT2D eigenvalue weighted by Crippen LogP contribution is -2.27. The summed E-state index contributed by atoms with van der Waals surface area (Å²) in [5, 5.41) is 3.39. The fourth-order valence-electron chi connectivity index (χ4n) is 1.82. The van der Waals surface area contributed by atoms with Gasteiger partial charge < -0.3 is 5.32 Å². The zero-order chi connectivity index (χ0) is 12.3. The molecule has 0 saturated heterocycles. The van der Waals surface area contributed by atoms with Crippen LogP contribution in [0.4, 0.5) is 0 Å². The Bertz CT molecular complexity index is 419. The highest BCUT2D eigenvalue weighted by Crippen LogP contribution is 2.28.